The highest BCUT2D eigenvalue weighted by Crippen LogP contribution is 2.23. The third kappa shape index (κ3) is 6.67. The average Bonchev–Trinajstić information content (AvgIpc) is 2.80. The normalized spacial score (nSPS) is 21.7. The van der Waals surface area contributed by atoms with Gasteiger partial charge >= 0.3 is 0 Å². The van der Waals surface area contributed by atoms with Gasteiger partial charge in [-0.2, -0.15) is 4.31 Å². The molecule has 1 aromatic rings. The summed E-state index contributed by atoms with van der Waals surface area (Å²) in [6.45, 7) is 7.12. The number of hydrogen-bond acceptors (Lipinski definition) is 4. The Morgan fingerprint density at radius 3 is 2.55 bits per heavy atom. The smallest absolute Gasteiger partial charge is 0.243 e. The highest BCUT2D eigenvalue weighted by Gasteiger charge is 2.27. The minimum Gasteiger partial charge on any atom is -0.356 e. The second-order valence-corrected chi connectivity index (χ2v) is 10.6. The van der Waals surface area contributed by atoms with Crippen molar-refractivity contribution in [3.05, 3.63) is 29.8 Å². The van der Waals surface area contributed by atoms with Crippen LogP contribution in [0.15, 0.2) is 34.2 Å². The van der Waals surface area contributed by atoms with Crippen LogP contribution in [-0.2, 0) is 16.6 Å². The Labute approximate surface area is 188 Å². The van der Waals surface area contributed by atoms with Crippen LogP contribution < -0.4 is 10.6 Å². The molecule has 0 radical (unpaired) electrons. The third-order valence-corrected chi connectivity index (χ3v) is 8.43. The molecule has 0 aliphatic carbocycles. The molecule has 2 aliphatic heterocycles. The van der Waals surface area contributed by atoms with E-state index in [1.165, 1.54) is 25.8 Å². The zero-order valence-electron chi connectivity index (χ0n) is 19.1. The highest BCUT2D eigenvalue weighted by molar-refractivity contribution is 7.89. The van der Waals surface area contributed by atoms with Crippen LogP contribution in [0.5, 0.6) is 0 Å². The van der Waals surface area contributed by atoms with E-state index in [4.69, 9.17) is 0 Å². The summed E-state index contributed by atoms with van der Waals surface area (Å²) in [5.41, 5.74) is 0.776. The Balaban J connectivity index is 1.51. The molecule has 3 rings (SSSR count). The minimum atomic E-state index is -3.46. The Kier molecular flexibility index (Phi) is 9.16. The Morgan fingerprint density at radius 2 is 1.81 bits per heavy atom. The molecule has 0 aromatic heterocycles. The lowest BCUT2D eigenvalue weighted by Crippen LogP contribution is -2.41. The number of likely N-dealkylation sites (tertiary alicyclic amines) is 1. The number of piperidine rings is 2. The molecule has 31 heavy (non-hydrogen) atoms. The number of hydrogen-bond donors (Lipinski definition) is 2. The summed E-state index contributed by atoms with van der Waals surface area (Å²) in [5.74, 6) is 0.705. The number of nitrogens with one attached hydrogen (secondary N) is 2. The summed E-state index contributed by atoms with van der Waals surface area (Å²) < 4.78 is 27.9. The van der Waals surface area contributed by atoms with E-state index >= 15 is 0 Å². The predicted molar refractivity (Wildman–Crippen MR) is 127 cm³/mol. The summed E-state index contributed by atoms with van der Waals surface area (Å²) in [7, 11) is -1.71. The van der Waals surface area contributed by atoms with Crippen molar-refractivity contribution in [3.8, 4) is 0 Å². The van der Waals surface area contributed by atoms with E-state index in [9.17, 15) is 8.42 Å². The van der Waals surface area contributed by atoms with Crippen molar-refractivity contribution in [3.63, 3.8) is 0 Å². The number of benzene rings is 1. The topological polar surface area (TPSA) is 77.0 Å². The van der Waals surface area contributed by atoms with Gasteiger partial charge in [-0.05, 0) is 57.2 Å². The number of aliphatic imine (C=N–C) groups is 1. The molecule has 1 atom stereocenters. The second-order valence-electron chi connectivity index (χ2n) is 8.66. The van der Waals surface area contributed by atoms with Crippen molar-refractivity contribution in [2.24, 2.45) is 4.99 Å². The van der Waals surface area contributed by atoms with E-state index in [2.05, 4.69) is 27.4 Å². The number of sulfonamides is 1. The summed E-state index contributed by atoms with van der Waals surface area (Å²) in [5, 5.41) is 6.66. The molecular formula is C23H39N5O2S. The largest absolute Gasteiger partial charge is 0.356 e. The van der Waals surface area contributed by atoms with E-state index < -0.39 is 10.0 Å². The molecular weight excluding hydrogens is 410 g/mol. The van der Waals surface area contributed by atoms with Crippen molar-refractivity contribution in [2.75, 3.05) is 39.8 Å². The fraction of sp³-hybridized carbons (Fsp3) is 0.696. The van der Waals surface area contributed by atoms with Crippen LogP contribution in [0.3, 0.4) is 0 Å². The van der Waals surface area contributed by atoms with Gasteiger partial charge in [0, 0.05) is 45.8 Å². The van der Waals surface area contributed by atoms with Gasteiger partial charge in [0.25, 0.3) is 0 Å². The van der Waals surface area contributed by atoms with Crippen LogP contribution in [0.2, 0.25) is 0 Å². The molecule has 8 heteroatoms. The van der Waals surface area contributed by atoms with Crippen LogP contribution in [-0.4, -0.2) is 69.4 Å². The average molecular weight is 450 g/mol. The zero-order chi connectivity index (χ0) is 22.1. The van der Waals surface area contributed by atoms with Gasteiger partial charge in [-0.1, -0.05) is 31.0 Å². The Bertz CT molecular complexity index is 821. The molecule has 0 bridgehead atoms. The van der Waals surface area contributed by atoms with E-state index in [1.807, 2.05) is 12.1 Å². The predicted octanol–water partition coefficient (Wildman–Crippen LogP) is 2.79. The van der Waals surface area contributed by atoms with Gasteiger partial charge in [0.05, 0.1) is 4.90 Å². The summed E-state index contributed by atoms with van der Waals surface area (Å²) in [6, 6.07) is 7.98. The van der Waals surface area contributed by atoms with Crippen LogP contribution in [0.1, 0.15) is 57.4 Å². The van der Waals surface area contributed by atoms with Crippen LogP contribution >= 0.6 is 0 Å². The number of rotatable bonds is 8. The van der Waals surface area contributed by atoms with Gasteiger partial charge in [-0.15, -0.1) is 0 Å². The summed E-state index contributed by atoms with van der Waals surface area (Å²) in [4.78, 5) is 7.28. The second kappa shape index (κ2) is 11.8. The maximum absolute atomic E-state index is 13.2. The molecule has 2 saturated heterocycles. The van der Waals surface area contributed by atoms with Gasteiger partial charge in [0.1, 0.15) is 0 Å². The van der Waals surface area contributed by atoms with Crippen molar-refractivity contribution >= 4 is 16.0 Å². The maximum Gasteiger partial charge on any atom is 0.243 e. The fourth-order valence-corrected chi connectivity index (χ4v) is 6.26. The fourth-order valence-electron chi connectivity index (χ4n) is 4.52. The van der Waals surface area contributed by atoms with Gasteiger partial charge < -0.3 is 15.5 Å². The lowest BCUT2D eigenvalue weighted by atomic mass is 10.0. The van der Waals surface area contributed by atoms with Crippen molar-refractivity contribution in [1.82, 2.24) is 19.8 Å². The highest BCUT2D eigenvalue weighted by atomic mass is 32.2. The van der Waals surface area contributed by atoms with Crippen LogP contribution in [0.4, 0.5) is 0 Å². The quantitative estimate of drug-likeness (QED) is 0.363. The first-order valence-corrected chi connectivity index (χ1v) is 13.2. The molecule has 2 heterocycles. The first kappa shape index (κ1) is 24.0. The number of nitrogens with zero attached hydrogens (tertiary/aromatic N) is 3. The van der Waals surface area contributed by atoms with E-state index in [0.29, 0.717) is 36.5 Å². The molecule has 2 N–H and O–H groups in total. The van der Waals surface area contributed by atoms with Gasteiger partial charge in [-0.3, -0.25) is 4.99 Å². The molecule has 1 unspecified atom stereocenters. The first-order valence-electron chi connectivity index (χ1n) is 11.8. The minimum absolute atomic E-state index is 0.402. The van der Waals surface area contributed by atoms with Crippen molar-refractivity contribution < 1.29 is 8.42 Å². The van der Waals surface area contributed by atoms with Crippen molar-refractivity contribution in [2.45, 2.75) is 69.4 Å². The van der Waals surface area contributed by atoms with Crippen LogP contribution in [0.25, 0.3) is 0 Å². The Hall–Kier alpha value is -1.64. The summed E-state index contributed by atoms with van der Waals surface area (Å²) >= 11 is 0. The van der Waals surface area contributed by atoms with Crippen LogP contribution in [0, 0.1) is 0 Å². The lowest BCUT2D eigenvalue weighted by molar-refractivity contribution is 0.159. The molecule has 1 aromatic carbocycles. The Morgan fingerprint density at radius 1 is 1.06 bits per heavy atom. The van der Waals surface area contributed by atoms with Gasteiger partial charge in [0.15, 0.2) is 5.96 Å². The standard InChI is InChI=1S/C23H39N5O2S/c1-20-11-6-9-15-27(20)16-10-14-25-23(24-2)26-19-21-12-4-5-13-22(21)31(29,30)28-17-7-3-8-18-28/h4-5,12-13,20H,3,6-11,14-19H2,1-2H3,(H2,24,25,26). The molecule has 2 fully saturated rings. The lowest BCUT2D eigenvalue weighted by Gasteiger charge is -2.33. The molecule has 0 saturated carbocycles. The monoisotopic (exact) mass is 449 g/mol. The van der Waals surface area contributed by atoms with E-state index in [-0.39, 0.29) is 0 Å². The molecule has 7 nitrogen and oxygen atoms in total. The third-order valence-electron chi connectivity index (χ3n) is 6.43. The summed E-state index contributed by atoms with van der Waals surface area (Å²) in [6.07, 6.45) is 8.00. The molecule has 0 spiro atoms. The SMILES string of the molecule is CN=C(NCCCN1CCCCC1C)NCc1ccccc1S(=O)(=O)N1CCCCC1. The van der Waals surface area contributed by atoms with E-state index in [0.717, 1.165) is 44.3 Å². The maximum atomic E-state index is 13.2. The first-order chi connectivity index (χ1) is 15.0. The van der Waals surface area contributed by atoms with E-state index in [1.54, 1.807) is 23.5 Å². The molecule has 174 valence electrons. The molecule has 2 aliphatic rings. The zero-order valence-corrected chi connectivity index (χ0v) is 20.0. The van der Waals surface area contributed by atoms with Gasteiger partial charge in [-0.25, -0.2) is 8.42 Å². The van der Waals surface area contributed by atoms with Gasteiger partial charge in [0.2, 0.25) is 10.0 Å². The number of guanidine groups is 1. The molecule has 0 amide bonds. The van der Waals surface area contributed by atoms with Crippen molar-refractivity contribution in [1.29, 1.82) is 0 Å².